The number of aliphatic hydroxyl groups is 1. The number of halogens is 1. The lowest BCUT2D eigenvalue weighted by Gasteiger charge is -2.36. The average molecular weight is 325 g/mol. The zero-order valence-electron chi connectivity index (χ0n) is 11.3. The van der Waals surface area contributed by atoms with Gasteiger partial charge in [0.05, 0.1) is 6.10 Å². The van der Waals surface area contributed by atoms with Crippen LogP contribution in [0.1, 0.15) is 31.4 Å². The standard InChI is InChI=1S/C15H21BrN2O/c1-11(19)14-5-4-13(10-15(14)16)18-8-6-17(7-9-18)12-2-3-12/h4-5,10-12,19H,2-3,6-9H2,1H3/t11-/m0/s1. The molecule has 1 atom stereocenters. The van der Waals surface area contributed by atoms with Crippen LogP contribution < -0.4 is 4.90 Å². The molecule has 1 aromatic carbocycles. The molecule has 2 fully saturated rings. The molecule has 104 valence electrons. The Hall–Kier alpha value is -0.580. The van der Waals surface area contributed by atoms with Crippen molar-refractivity contribution in [3.63, 3.8) is 0 Å². The zero-order chi connectivity index (χ0) is 13.4. The van der Waals surface area contributed by atoms with Gasteiger partial charge in [-0.3, -0.25) is 4.90 Å². The van der Waals surface area contributed by atoms with Crippen LogP contribution >= 0.6 is 15.9 Å². The van der Waals surface area contributed by atoms with Crippen molar-refractivity contribution in [2.75, 3.05) is 31.1 Å². The Morgan fingerprint density at radius 2 is 1.89 bits per heavy atom. The highest BCUT2D eigenvalue weighted by molar-refractivity contribution is 9.10. The van der Waals surface area contributed by atoms with Crippen LogP contribution in [0.4, 0.5) is 5.69 Å². The highest BCUT2D eigenvalue weighted by Crippen LogP contribution is 2.31. The lowest BCUT2D eigenvalue weighted by Crippen LogP contribution is -2.47. The molecule has 1 aromatic rings. The lowest BCUT2D eigenvalue weighted by molar-refractivity contribution is 0.198. The number of benzene rings is 1. The first-order valence-corrected chi connectivity index (χ1v) is 7.91. The van der Waals surface area contributed by atoms with Crippen molar-refractivity contribution in [2.24, 2.45) is 0 Å². The summed E-state index contributed by atoms with van der Waals surface area (Å²) < 4.78 is 1.00. The molecule has 19 heavy (non-hydrogen) atoms. The first kappa shape index (κ1) is 13.4. The first-order chi connectivity index (χ1) is 9.15. The molecule has 2 aliphatic rings. The molecule has 1 aliphatic heterocycles. The van der Waals surface area contributed by atoms with E-state index in [0.717, 1.165) is 29.2 Å². The summed E-state index contributed by atoms with van der Waals surface area (Å²) in [6.45, 7) is 6.38. The number of piperazine rings is 1. The monoisotopic (exact) mass is 324 g/mol. The maximum atomic E-state index is 9.66. The Bertz CT molecular complexity index is 451. The average Bonchev–Trinajstić information content (AvgIpc) is 3.22. The predicted molar refractivity (Wildman–Crippen MR) is 81.6 cm³/mol. The van der Waals surface area contributed by atoms with E-state index >= 15 is 0 Å². The maximum Gasteiger partial charge on any atom is 0.0772 e. The van der Waals surface area contributed by atoms with Crippen LogP contribution in [0.15, 0.2) is 22.7 Å². The summed E-state index contributed by atoms with van der Waals surface area (Å²) in [5, 5.41) is 9.66. The van der Waals surface area contributed by atoms with Crippen molar-refractivity contribution in [1.82, 2.24) is 4.90 Å². The molecule has 0 unspecified atom stereocenters. The molecule has 0 aromatic heterocycles. The largest absolute Gasteiger partial charge is 0.389 e. The lowest BCUT2D eigenvalue weighted by atomic mass is 10.1. The van der Waals surface area contributed by atoms with Crippen molar-refractivity contribution >= 4 is 21.6 Å². The molecular formula is C15H21BrN2O. The van der Waals surface area contributed by atoms with Crippen LogP contribution in [-0.2, 0) is 0 Å². The van der Waals surface area contributed by atoms with E-state index in [9.17, 15) is 5.11 Å². The van der Waals surface area contributed by atoms with E-state index in [-0.39, 0.29) is 0 Å². The summed E-state index contributed by atoms with van der Waals surface area (Å²) in [5.74, 6) is 0. The molecule has 1 heterocycles. The molecule has 4 heteroatoms. The normalized spacial score (nSPS) is 22.6. The second-order valence-electron chi connectivity index (χ2n) is 5.64. The van der Waals surface area contributed by atoms with E-state index < -0.39 is 6.10 Å². The van der Waals surface area contributed by atoms with Gasteiger partial charge in [-0.1, -0.05) is 22.0 Å². The van der Waals surface area contributed by atoms with E-state index in [1.807, 2.05) is 6.07 Å². The minimum absolute atomic E-state index is 0.421. The molecule has 1 saturated heterocycles. The van der Waals surface area contributed by atoms with Gasteiger partial charge < -0.3 is 10.0 Å². The summed E-state index contributed by atoms with van der Waals surface area (Å²) in [6, 6.07) is 7.16. The Morgan fingerprint density at radius 1 is 1.21 bits per heavy atom. The molecule has 0 amide bonds. The summed E-state index contributed by atoms with van der Waals surface area (Å²) in [5.41, 5.74) is 2.21. The Morgan fingerprint density at radius 3 is 2.42 bits per heavy atom. The Balaban J connectivity index is 1.67. The van der Waals surface area contributed by atoms with Crippen LogP contribution in [0.5, 0.6) is 0 Å². The third-order valence-corrected chi connectivity index (χ3v) is 4.86. The van der Waals surface area contributed by atoms with Crippen molar-refractivity contribution in [3.8, 4) is 0 Å². The van der Waals surface area contributed by atoms with E-state index in [0.29, 0.717) is 0 Å². The number of rotatable bonds is 3. The molecule has 3 rings (SSSR count). The molecule has 1 N–H and O–H groups in total. The van der Waals surface area contributed by atoms with Gasteiger partial charge in [-0.2, -0.15) is 0 Å². The minimum Gasteiger partial charge on any atom is -0.389 e. The summed E-state index contributed by atoms with van der Waals surface area (Å²) >= 11 is 3.56. The first-order valence-electron chi connectivity index (χ1n) is 7.11. The molecule has 0 bridgehead atoms. The number of anilines is 1. The van der Waals surface area contributed by atoms with E-state index in [4.69, 9.17) is 0 Å². The summed E-state index contributed by atoms with van der Waals surface area (Å²) in [7, 11) is 0. The van der Waals surface area contributed by atoms with Gasteiger partial charge in [0.15, 0.2) is 0 Å². The van der Waals surface area contributed by atoms with Crippen LogP contribution in [0.2, 0.25) is 0 Å². The molecule has 0 radical (unpaired) electrons. The van der Waals surface area contributed by atoms with Crippen LogP contribution in [0.3, 0.4) is 0 Å². The van der Waals surface area contributed by atoms with Gasteiger partial charge in [0, 0.05) is 42.4 Å². The molecular weight excluding hydrogens is 304 g/mol. The summed E-state index contributed by atoms with van der Waals surface area (Å²) in [4.78, 5) is 5.06. The molecule has 0 spiro atoms. The van der Waals surface area contributed by atoms with Gasteiger partial charge in [0.25, 0.3) is 0 Å². The highest BCUT2D eigenvalue weighted by Gasteiger charge is 2.31. The van der Waals surface area contributed by atoms with Crippen molar-refractivity contribution in [1.29, 1.82) is 0 Å². The van der Waals surface area contributed by atoms with Gasteiger partial charge in [-0.25, -0.2) is 0 Å². The Labute approximate surface area is 123 Å². The van der Waals surface area contributed by atoms with Gasteiger partial charge in [-0.05, 0) is 37.5 Å². The second-order valence-corrected chi connectivity index (χ2v) is 6.49. The zero-order valence-corrected chi connectivity index (χ0v) is 12.9. The van der Waals surface area contributed by atoms with E-state index in [2.05, 4.69) is 37.9 Å². The number of hydrogen-bond acceptors (Lipinski definition) is 3. The number of hydrogen-bond donors (Lipinski definition) is 1. The molecule has 1 saturated carbocycles. The van der Waals surface area contributed by atoms with Gasteiger partial charge in [0.1, 0.15) is 0 Å². The van der Waals surface area contributed by atoms with Crippen LogP contribution in [-0.4, -0.2) is 42.2 Å². The van der Waals surface area contributed by atoms with Crippen LogP contribution in [0, 0.1) is 0 Å². The fourth-order valence-corrected chi connectivity index (χ4v) is 3.53. The van der Waals surface area contributed by atoms with E-state index in [1.165, 1.54) is 31.6 Å². The highest BCUT2D eigenvalue weighted by atomic mass is 79.9. The number of aliphatic hydroxyl groups excluding tert-OH is 1. The third-order valence-electron chi connectivity index (χ3n) is 4.18. The SMILES string of the molecule is C[C@H](O)c1ccc(N2CCN(C3CC3)CC2)cc1Br. The van der Waals surface area contributed by atoms with Gasteiger partial charge in [0.2, 0.25) is 0 Å². The predicted octanol–water partition coefficient (Wildman–Crippen LogP) is 2.79. The molecule has 3 nitrogen and oxygen atoms in total. The fraction of sp³-hybridized carbons (Fsp3) is 0.600. The third kappa shape index (κ3) is 2.96. The second kappa shape index (κ2) is 5.43. The molecule has 1 aliphatic carbocycles. The van der Waals surface area contributed by atoms with Crippen molar-refractivity contribution in [2.45, 2.75) is 31.9 Å². The van der Waals surface area contributed by atoms with Crippen molar-refractivity contribution < 1.29 is 5.11 Å². The maximum absolute atomic E-state index is 9.66. The number of nitrogens with zero attached hydrogens (tertiary/aromatic N) is 2. The van der Waals surface area contributed by atoms with Gasteiger partial charge >= 0.3 is 0 Å². The fourth-order valence-electron chi connectivity index (χ4n) is 2.84. The Kier molecular flexibility index (Phi) is 3.83. The summed E-state index contributed by atoms with van der Waals surface area (Å²) in [6.07, 6.45) is 2.37. The van der Waals surface area contributed by atoms with Crippen LogP contribution in [0.25, 0.3) is 0 Å². The van der Waals surface area contributed by atoms with Gasteiger partial charge in [-0.15, -0.1) is 0 Å². The van der Waals surface area contributed by atoms with E-state index in [1.54, 1.807) is 6.92 Å². The smallest absolute Gasteiger partial charge is 0.0772 e. The minimum atomic E-state index is -0.421. The van der Waals surface area contributed by atoms with Crippen molar-refractivity contribution in [3.05, 3.63) is 28.2 Å². The topological polar surface area (TPSA) is 26.7 Å². The quantitative estimate of drug-likeness (QED) is 0.926.